The highest BCUT2D eigenvalue weighted by atomic mass is 16.5. The van der Waals surface area contributed by atoms with Gasteiger partial charge < -0.3 is 15.4 Å². The van der Waals surface area contributed by atoms with Gasteiger partial charge in [-0.25, -0.2) is 0 Å². The summed E-state index contributed by atoms with van der Waals surface area (Å²) in [7, 11) is 0. The molecule has 0 saturated heterocycles. The molecule has 0 bridgehead atoms. The first kappa shape index (κ1) is 13.6. The van der Waals surface area contributed by atoms with E-state index in [1.807, 2.05) is 26.0 Å². The molecule has 2 N–H and O–H groups in total. The highest BCUT2D eigenvalue weighted by Gasteiger charge is 2.26. The van der Waals surface area contributed by atoms with Crippen molar-refractivity contribution >= 4 is 11.5 Å². The maximum atomic E-state index is 12.0. The number of rotatable bonds is 5. The Hall–Kier alpha value is -1.81. The van der Waals surface area contributed by atoms with Crippen molar-refractivity contribution in [1.82, 2.24) is 5.32 Å². The van der Waals surface area contributed by atoms with E-state index < -0.39 is 0 Å². The molecule has 1 heterocycles. The predicted molar refractivity (Wildman–Crippen MR) is 77.0 cm³/mol. The summed E-state index contributed by atoms with van der Waals surface area (Å²) in [5.41, 5.74) is 1.35. The molecule has 0 amide bonds. The SMILES string of the molecule is C=CCNCC(=O)c1ccc2c(c1)NCC(C)(C)O2. The number of ether oxygens (including phenoxy) is 1. The van der Waals surface area contributed by atoms with Crippen molar-refractivity contribution in [2.45, 2.75) is 19.4 Å². The lowest BCUT2D eigenvalue weighted by atomic mass is 10.0. The van der Waals surface area contributed by atoms with Crippen molar-refractivity contribution in [2.75, 3.05) is 25.0 Å². The van der Waals surface area contributed by atoms with Crippen molar-refractivity contribution in [3.05, 3.63) is 36.4 Å². The number of anilines is 1. The van der Waals surface area contributed by atoms with Gasteiger partial charge in [-0.1, -0.05) is 6.08 Å². The first-order valence-corrected chi connectivity index (χ1v) is 6.43. The summed E-state index contributed by atoms with van der Waals surface area (Å²) in [5, 5.41) is 6.31. The molecule has 1 aliphatic rings. The van der Waals surface area contributed by atoms with Gasteiger partial charge in [-0.2, -0.15) is 0 Å². The van der Waals surface area contributed by atoms with Crippen molar-refractivity contribution in [1.29, 1.82) is 0 Å². The van der Waals surface area contributed by atoms with E-state index in [4.69, 9.17) is 4.74 Å². The summed E-state index contributed by atoms with van der Waals surface area (Å²) in [6, 6.07) is 5.51. The van der Waals surface area contributed by atoms with Gasteiger partial charge in [0.2, 0.25) is 0 Å². The van der Waals surface area contributed by atoms with Gasteiger partial charge in [0, 0.05) is 12.1 Å². The lowest BCUT2D eigenvalue weighted by Crippen LogP contribution is -2.40. The van der Waals surface area contributed by atoms with Crippen LogP contribution in [0.25, 0.3) is 0 Å². The number of carbonyl (C=O) groups excluding carboxylic acids is 1. The Balaban J connectivity index is 2.09. The third-order valence-corrected chi connectivity index (χ3v) is 2.97. The molecule has 4 heteroatoms. The smallest absolute Gasteiger partial charge is 0.176 e. The molecule has 19 heavy (non-hydrogen) atoms. The summed E-state index contributed by atoms with van der Waals surface area (Å²) < 4.78 is 5.85. The Morgan fingerprint density at radius 2 is 2.37 bits per heavy atom. The second-order valence-corrected chi connectivity index (χ2v) is 5.27. The molecule has 0 saturated carbocycles. The molecular weight excluding hydrogens is 240 g/mol. The van der Waals surface area contributed by atoms with E-state index in [0.717, 1.165) is 18.0 Å². The normalized spacial score (nSPS) is 15.9. The van der Waals surface area contributed by atoms with E-state index in [0.29, 0.717) is 18.7 Å². The zero-order valence-corrected chi connectivity index (χ0v) is 11.5. The van der Waals surface area contributed by atoms with E-state index >= 15 is 0 Å². The average Bonchev–Trinajstić information content (AvgIpc) is 2.37. The number of hydrogen-bond donors (Lipinski definition) is 2. The van der Waals surface area contributed by atoms with E-state index in [-0.39, 0.29) is 11.4 Å². The summed E-state index contributed by atoms with van der Waals surface area (Å²) >= 11 is 0. The molecule has 2 rings (SSSR count). The maximum absolute atomic E-state index is 12.0. The highest BCUT2D eigenvalue weighted by Crippen LogP contribution is 2.33. The first-order valence-electron chi connectivity index (χ1n) is 6.43. The van der Waals surface area contributed by atoms with Crippen LogP contribution in [0.2, 0.25) is 0 Å². The summed E-state index contributed by atoms with van der Waals surface area (Å²) in [6.45, 7) is 9.34. The number of fused-ring (bicyclic) bond motifs is 1. The largest absolute Gasteiger partial charge is 0.484 e. The fraction of sp³-hybridized carbons (Fsp3) is 0.400. The number of Topliss-reactive ketones (excluding diaryl/α,β-unsaturated/α-hetero) is 1. The minimum absolute atomic E-state index is 0.0660. The summed E-state index contributed by atoms with van der Waals surface area (Å²) in [5.74, 6) is 0.864. The fourth-order valence-corrected chi connectivity index (χ4v) is 1.96. The van der Waals surface area contributed by atoms with Gasteiger partial charge in [0.25, 0.3) is 0 Å². The van der Waals surface area contributed by atoms with E-state index in [9.17, 15) is 4.79 Å². The van der Waals surface area contributed by atoms with Crippen molar-refractivity contribution in [2.24, 2.45) is 0 Å². The standard InChI is InChI=1S/C15H20N2O2/c1-4-7-16-9-13(18)11-5-6-14-12(8-11)17-10-15(2,3)19-14/h4-6,8,16-17H,1,7,9-10H2,2-3H3. The molecule has 102 valence electrons. The highest BCUT2D eigenvalue weighted by molar-refractivity contribution is 5.98. The van der Waals surface area contributed by atoms with Crippen LogP contribution in [0, 0.1) is 0 Å². The minimum atomic E-state index is -0.218. The van der Waals surface area contributed by atoms with Crippen molar-refractivity contribution in [3.8, 4) is 5.75 Å². The molecule has 0 radical (unpaired) electrons. The van der Waals surface area contributed by atoms with E-state index in [2.05, 4.69) is 17.2 Å². The molecule has 1 aromatic rings. The van der Waals surface area contributed by atoms with Crippen molar-refractivity contribution in [3.63, 3.8) is 0 Å². The molecule has 4 nitrogen and oxygen atoms in total. The topological polar surface area (TPSA) is 50.4 Å². The second kappa shape index (κ2) is 5.45. The Kier molecular flexibility index (Phi) is 3.90. The number of hydrogen-bond acceptors (Lipinski definition) is 4. The Morgan fingerprint density at radius 3 is 3.11 bits per heavy atom. The van der Waals surface area contributed by atoms with Crippen LogP contribution < -0.4 is 15.4 Å². The van der Waals surface area contributed by atoms with Crippen LogP contribution in [-0.4, -0.2) is 31.0 Å². The first-order chi connectivity index (χ1) is 9.02. The van der Waals surface area contributed by atoms with Crippen LogP contribution >= 0.6 is 0 Å². The molecule has 0 fully saturated rings. The van der Waals surface area contributed by atoms with Gasteiger partial charge in [0.05, 0.1) is 18.8 Å². The van der Waals surface area contributed by atoms with Crippen LogP contribution in [0.15, 0.2) is 30.9 Å². The molecular formula is C15H20N2O2. The Bertz CT molecular complexity index is 495. The number of nitrogens with one attached hydrogen (secondary N) is 2. The maximum Gasteiger partial charge on any atom is 0.176 e. The summed E-state index contributed by atoms with van der Waals surface area (Å²) in [6.07, 6.45) is 1.73. The van der Waals surface area contributed by atoms with Gasteiger partial charge in [0.1, 0.15) is 11.4 Å². The monoisotopic (exact) mass is 260 g/mol. The Labute approximate surface area is 113 Å². The average molecular weight is 260 g/mol. The summed E-state index contributed by atoms with van der Waals surface area (Å²) in [4.78, 5) is 12.0. The number of benzene rings is 1. The van der Waals surface area contributed by atoms with Gasteiger partial charge in [-0.05, 0) is 32.0 Å². The van der Waals surface area contributed by atoms with Crippen LogP contribution in [0.1, 0.15) is 24.2 Å². The molecule has 1 aliphatic heterocycles. The van der Waals surface area contributed by atoms with Crippen molar-refractivity contribution < 1.29 is 9.53 Å². The Morgan fingerprint density at radius 1 is 1.58 bits per heavy atom. The van der Waals surface area contributed by atoms with E-state index in [1.165, 1.54) is 0 Å². The van der Waals surface area contributed by atoms with Crippen LogP contribution in [0.3, 0.4) is 0 Å². The molecule has 0 aromatic heterocycles. The van der Waals surface area contributed by atoms with Crippen LogP contribution in [0.5, 0.6) is 5.75 Å². The number of carbonyl (C=O) groups is 1. The molecule has 0 unspecified atom stereocenters. The predicted octanol–water partition coefficient (Wildman–Crippen LogP) is 2.23. The third-order valence-electron chi connectivity index (χ3n) is 2.97. The van der Waals surface area contributed by atoms with E-state index in [1.54, 1.807) is 12.1 Å². The number of ketones is 1. The van der Waals surface area contributed by atoms with Gasteiger partial charge >= 0.3 is 0 Å². The van der Waals surface area contributed by atoms with Gasteiger partial charge in [0.15, 0.2) is 5.78 Å². The van der Waals surface area contributed by atoms with Gasteiger partial charge in [-0.3, -0.25) is 4.79 Å². The zero-order chi connectivity index (χ0) is 13.9. The minimum Gasteiger partial charge on any atom is -0.484 e. The fourth-order valence-electron chi connectivity index (χ4n) is 1.96. The van der Waals surface area contributed by atoms with Crippen LogP contribution in [0.4, 0.5) is 5.69 Å². The third kappa shape index (κ3) is 3.35. The van der Waals surface area contributed by atoms with Crippen LogP contribution in [-0.2, 0) is 0 Å². The molecule has 0 spiro atoms. The lowest BCUT2D eigenvalue weighted by Gasteiger charge is -2.33. The molecule has 0 aliphatic carbocycles. The second-order valence-electron chi connectivity index (χ2n) is 5.27. The molecule has 0 atom stereocenters. The lowest BCUT2D eigenvalue weighted by molar-refractivity contribution is 0.0992. The quantitative estimate of drug-likeness (QED) is 0.484. The van der Waals surface area contributed by atoms with Gasteiger partial charge in [-0.15, -0.1) is 6.58 Å². The zero-order valence-electron chi connectivity index (χ0n) is 11.5. The molecule has 1 aromatic carbocycles.